The number of halogens is 2. The van der Waals surface area contributed by atoms with Crippen LogP contribution in [0.3, 0.4) is 0 Å². The van der Waals surface area contributed by atoms with Gasteiger partial charge in [0.25, 0.3) is 0 Å². The molecule has 2 N–H and O–H groups in total. The molecule has 0 aliphatic carbocycles. The van der Waals surface area contributed by atoms with Gasteiger partial charge in [-0.1, -0.05) is 0 Å². The molecule has 1 unspecified atom stereocenters. The molecule has 0 amide bonds. The highest BCUT2D eigenvalue weighted by Gasteiger charge is 2.28. The number of aliphatic hydroxyl groups excluding tert-OH is 1. The van der Waals surface area contributed by atoms with Gasteiger partial charge in [0.15, 0.2) is 0 Å². The number of benzene rings is 1. The van der Waals surface area contributed by atoms with Crippen LogP contribution in [0.4, 0.5) is 14.5 Å². The molecule has 1 aromatic carbocycles. The van der Waals surface area contributed by atoms with Crippen molar-refractivity contribution in [3.63, 3.8) is 0 Å². The fourth-order valence-corrected chi connectivity index (χ4v) is 2.68. The summed E-state index contributed by atoms with van der Waals surface area (Å²) in [5, 5.41) is 12.5. The van der Waals surface area contributed by atoms with E-state index in [1.165, 1.54) is 12.1 Å². The van der Waals surface area contributed by atoms with Crippen molar-refractivity contribution in [3.05, 3.63) is 29.3 Å². The maximum Gasteiger partial charge on any atom is 0.149 e. The smallest absolute Gasteiger partial charge is 0.149 e. The molecule has 118 valence electrons. The number of rotatable bonds is 4. The molecule has 1 aliphatic heterocycles. The van der Waals surface area contributed by atoms with Crippen molar-refractivity contribution in [1.29, 1.82) is 0 Å². The summed E-state index contributed by atoms with van der Waals surface area (Å²) in [6.07, 6.45) is 1.61. The Morgan fingerprint density at radius 2 is 1.90 bits per heavy atom. The lowest BCUT2D eigenvalue weighted by molar-refractivity contribution is 0.265. The minimum atomic E-state index is -0.555. The number of nitrogens with zero attached hydrogens (tertiary/aromatic N) is 1. The average Bonchev–Trinajstić information content (AvgIpc) is 2.83. The molecule has 1 atom stereocenters. The molecule has 1 fully saturated rings. The maximum atomic E-state index is 14.3. The summed E-state index contributed by atoms with van der Waals surface area (Å²) < 4.78 is 28.6. The van der Waals surface area contributed by atoms with Crippen molar-refractivity contribution >= 4 is 5.69 Å². The zero-order valence-corrected chi connectivity index (χ0v) is 12.9. The summed E-state index contributed by atoms with van der Waals surface area (Å²) in [6, 6.07) is 2.57. The molecule has 21 heavy (non-hydrogen) atoms. The molecule has 0 spiro atoms. The number of hydrogen-bond donors (Lipinski definition) is 2. The minimum absolute atomic E-state index is 0.00828. The van der Waals surface area contributed by atoms with Crippen LogP contribution >= 0.6 is 0 Å². The average molecular weight is 298 g/mol. The monoisotopic (exact) mass is 298 g/mol. The summed E-state index contributed by atoms with van der Waals surface area (Å²) in [5.74, 6) is -1.11. The topological polar surface area (TPSA) is 35.5 Å². The fourth-order valence-electron chi connectivity index (χ4n) is 2.68. The van der Waals surface area contributed by atoms with E-state index < -0.39 is 11.6 Å². The first kappa shape index (κ1) is 16.2. The van der Waals surface area contributed by atoms with Crippen molar-refractivity contribution in [3.8, 4) is 0 Å². The molecule has 1 heterocycles. The highest BCUT2D eigenvalue weighted by atomic mass is 19.1. The van der Waals surface area contributed by atoms with E-state index in [1.54, 1.807) is 4.90 Å². The molecule has 0 bridgehead atoms. The Morgan fingerprint density at radius 3 is 2.43 bits per heavy atom. The third-order valence-electron chi connectivity index (χ3n) is 3.77. The highest BCUT2D eigenvalue weighted by molar-refractivity contribution is 5.52. The zero-order valence-electron chi connectivity index (χ0n) is 12.9. The van der Waals surface area contributed by atoms with Gasteiger partial charge in [0.05, 0.1) is 12.6 Å². The van der Waals surface area contributed by atoms with E-state index in [0.717, 1.165) is 12.8 Å². The molecule has 2 rings (SSSR count). The molecule has 0 saturated carbocycles. The number of nitrogens with one attached hydrogen (secondary N) is 1. The van der Waals surface area contributed by atoms with Gasteiger partial charge < -0.3 is 15.3 Å². The summed E-state index contributed by atoms with van der Waals surface area (Å²) in [5.41, 5.74) is 0.470. The second-order valence-corrected chi connectivity index (χ2v) is 6.68. The number of hydrogen-bond acceptors (Lipinski definition) is 3. The Morgan fingerprint density at radius 1 is 1.29 bits per heavy atom. The van der Waals surface area contributed by atoms with E-state index in [1.807, 2.05) is 20.8 Å². The summed E-state index contributed by atoms with van der Waals surface area (Å²) in [6.45, 7) is 6.93. The molecular weight excluding hydrogens is 274 g/mol. The van der Waals surface area contributed by atoms with Gasteiger partial charge >= 0.3 is 0 Å². The highest BCUT2D eigenvalue weighted by Crippen LogP contribution is 2.31. The Labute approximate surface area is 125 Å². The number of anilines is 1. The normalized spacial score (nSPS) is 19.3. The summed E-state index contributed by atoms with van der Waals surface area (Å²) in [4.78, 5) is 1.64. The van der Waals surface area contributed by atoms with Gasteiger partial charge in [-0.3, -0.25) is 0 Å². The fraction of sp³-hybridized carbons (Fsp3) is 0.625. The Kier molecular flexibility index (Phi) is 4.84. The van der Waals surface area contributed by atoms with Gasteiger partial charge in [-0.25, -0.2) is 8.78 Å². The van der Waals surface area contributed by atoms with Crippen LogP contribution in [0.25, 0.3) is 0 Å². The largest absolute Gasteiger partial charge is 0.394 e. The van der Waals surface area contributed by atoms with Crippen molar-refractivity contribution in [2.75, 3.05) is 18.1 Å². The predicted octanol–water partition coefficient (Wildman–Crippen LogP) is 2.81. The van der Waals surface area contributed by atoms with E-state index in [2.05, 4.69) is 5.32 Å². The van der Waals surface area contributed by atoms with E-state index in [9.17, 15) is 13.9 Å². The summed E-state index contributed by atoms with van der Waals surface area (Å²) >= 11 is 0. The first-order valence-corrected chi connectivity index (χ1v) is 7.42. The van der Waals surface area contributed by atoms with Crippen LogP contribution in [0.2, 0.25) is 0 Å². The standard InChI is InChI=1S/C16H24F2N2O/c1-16(2,3)19-9-11-7-13(17)15(14(18)8-11)20-6-4-5-12(20)10-21/h7-8,12,19,21H,4-6,9-10H2,1-3H3. The van der Waals surface area contributed by atoms with Crippen LogP contribution in [0, 0.1) is 11.6 Å². The first-order chi connectivity index (χ1) is 9.81. The van der Waals surface area contributed by atoms with Gasteiger partial charge in [0.1, 0.15) is 17.3 Å². The molecule has 1 aliphatic rings. The van der Waals surface area contributed by atoms with E-state index in [0.29, 0.717) is 18.7 Å². The van der Waals surface area contributed by atoms with E-state index >= 15 is 0 Å². The lowest BCUT2D eigenvalue weighted by Crippen LogP contribution is -2.35. The molecule has 0 radical (unpaired) electrons. The zero-order chi connectivity index (χ0) is 15.6. The third kappa shape index (κ3) is 3.92. The van der Waals surface area contributed by atoms with Crippen LogP contribution in [-0.2, 0) is 6.54 Å². The predicted molar refractivity (Wildman–Crippen MR) is 80.4 cm³/mol. The molecule has 5 heteroatoms. The van der Waals surface area contributed by atoms with Gasteiger partial charge in [-0.05, 0) is 51.3 Å². The van der Waals surface area contributed by atoms with Crippen LogP contribution in [0.15, 0.2) is 12.1 Å². The Bertz CT molecular complexity index is 477. The molecule has 0 aromatic heterocycles. The van der Waals surface area contributed by atoms with Gasteiger partial charge in [-0.15, -0.1) is 0 Å². The second-order valence-electron chi connectivity index (χ2n) is 6.68. The van der Waals surface area contributed by atoms with Crippen molar-refractivity contribution in [1.82, 2.24) is 5.32 Å². The minimum Gasteiger partial charge on any atom is -0.394 e. The van der Waals surface area contributed by atoms with Crippen LogP contribution in [0.1, 0.15) is 39.2 Å². The van der Waals surface area contributed by atoms with Gasteiger partial charge in [0, 0.05) is 18.6 Å². The van der Waals surface area contributed by atoms with Gasteiger partial charge in [-0.2, -0.15) is 0 Å². The SMILES string of the molecule is CC(C)(C)NCc1cc(F)c(N2CCCC2CO)c(F)c1. The van der Waals surface area contributed by atoms with Crippen LogP contribution in [0.5, 0.6) is 0 Å². The maximum absolute atomic E-state index is 14.3. The second kappa shape index (κ2) is 6.28. The van der Waals surface area contributed by atoms with Crippen molar-refractivity contribution < 1.29 is 13.9 Å². The Balaban J connectivity index is 2.21. The lowest BCUT2D eigenvalue weighted by Gasteiger charge is -2.27. The van der Waals surface area contributed by atoms with Crippen LogP contribution in [-0.4, -0.2) is 29.8 Å². The van der Waals surface area contributed by atoms with Crippen molar-refractivity contribution in [2.24, 2.45) is 0 Å². The first-order valence-electron chi connectivity index (χ1n) is 7.42. The van der Waals surface area contributed by atoms with Crippen molar-refractivity contribution in [2.45, 2.75) is 51.7 Å². The van der Waals surface area contributed by atoms with Gasteiger partial charge in [0.2, 0.25) is 0 Å². The molecule has 3 nitrogen and oxygen atoms in total. The molecule has 1 saturated heterocycles. The lowest BCUT2D eigenvalue weighted by atomic mass is 10.1. The quantitative estimate of drug-likeness (QED) is 0.897. The van der Waals surface area contributed by atoms with Crippen LogP contribution < -0.4 is 10.2 Å². The number of aliphatic hydroxyl groups is 1. The third-order valence-corrected chi connectivity index (χ3v) is 3.77. The Hall–Kier alpha value is -1.20. The summed E-state index contributed by atoms with van der Waals surface area (Å²) in [7, 11) is 0. The molecule has 1 aromatic rings. The van der Waals surface area contributed by atoms with E-state index in [-0.39, 0.29) is 23.9 Å². The van der Waals surface area contributed by atoms with E-state index in [4.69, 9.17) is 0 Å². The molecular formula is C16H24F2N2O.